The first-order valence-electron chi connectivity index (χ1n) is 10.4. The molecule has 9 heteroatoms. The van der Waals surface area contributed by atoms with Crippen molar-refractivity contribution < 1.29 is 58.3 Å². The Morgan fingerprint density at radius 1 is 0.806 bits per heavy atom. The monoisotopic (exact) mass is 530 g/mol. The van der Waals surface area contributed by atoms with Gasteiger partial charge >= 0.3 is 37.4 Å². The smallest absolute Gasteiger partial charge is 0.746 e. The molecule has 0 radical (unpaired) electrons. The number of ketones is 1. The van der Waals surface area contributed by atoms with Crippen LogP contribution in [0.1, 0.15) is 21.5 Å². The van der Waals surface area contributed by atoms with Crippen LogP contribution in [0.4, 0.5) is 0 Å². The van der Waals surface area contributed by atoms with E-state index in [-0.39, 0.29) is 46.8 Å². The van der Waals surface area contributed by atoms with Crippen molar-refractivity contribution in [1.82, 2.24) is 0 Å². The van der Waals surface area contributed by atoms with Gasteiger partial charge in [-0.2, -0.15) is 0 Å². The fraction of sp³-hybridized carbons (Fsp3) is 0. The van der Waals surface area contributed by atoms with E-state index in [0.29, 0.717) is 16.2 Å². The maximum absolute atomic E-state index is 13.0. The van der Waals surface area contributed by atoms with Gasteiger partial charge in [-0.25, -0.2) is 0 Å². The van der Waals surface area contributed by atoms with E-state index in [1.807, 2.05) is 48.5 Å². The van der Waals surface area contributed by atoms with Crippen LogP contribution in [-0.4, -0.2) is 15.8 Å². The summed E-state index contributed by atoms with van der Waals surface area (Å²) in [6, 6.07) is 30.9. The number of benzene rings is 4. The van der Waals surface area contributed by atoms with Crippen molar-refractivity contribution in [2.45, 2.75) is 0 Å². The summed E-state index contributed by atoms with van der Waals surface area (Å²) < 4.78 is 14.3. The zero-order valence-electron chi connectivity index (χ0n) is 19.3. The van der Waals surface area contributed by atoms with Crippen molar-refractivity contribution in [1.29, 1.82) is 0 Å². The number of rotatable bonds is 6. The molecule has 1 atom stereocenters. The molecule has 4 rings (SSSR count). The Kier molecular flexibility index (Phi) is 11.6. The number of aromatic hydroxyl groups is 1. The second-order valence-corrected chi connectivity index (χ2v) is 8.78. The van der Waals surface area contributed by atoms with Crippen LogP contribution in [0, 0.1) is 0 Å². The van der Waals surface area contributed by atoms with Gasteiger partial charge in [0.1, 0.15) is 11.5 Å². The second-order valence-electron chi connectivity index (χ2n) is 7.22. The molecule has 0 aliphatic rings. The predicted octanol–water partition coefficient (Wildman–Crippen LogP) is 3.00. The van der Waals surface area contributed by atoms with Gasteiger partial charge in [0.15, 0.2) is 5.78 Å². The minimum absolute atomic E-state index is 0. The quantitative estimate of drug-likeness (QED) is 0.130. The van der Waals surface area contributed by atoms with Crippen LogP contribution in [0.25, 0.3) is 11.6 Å². The normalized spacial score (nSPS) is 12.2. The number of phosphoric ester groups is 1. The number of Topliss-reactive ketones (excluding diaryl/α,β-unsaturated/α-hetero) is 1. The maximum Gasteiger partial charge on any atom is 1.00 e. The number of phenols is 1. The fourth-order valence-electron chi connectivity index (χ4n) is 3.01. The average Bonchev–Trinajstić information content (AvgIpc) is 2.84. The van der Waals surface area contributed by atoms with Crippen molar-refractivity contribution in [2.24, 2.45) is 0 Å². The fourth-order valence-corrected chi connectivity index (χ4v) is 3.52. The minimum Gasteiger partial charge on any atom is -0.746 e. The standard InChI is InChI=1S/C21H15ClO2.C6H7O4P.Na/c22-18-10-6-16(7-11-18)20(14-15-4-2-1-3-5-15)21(24)17-8-12-19(23)13-9-17;7-11(8,9)10-6-4-2-1-3-5-6;/h1-14,23H;1-5H,(H2,7,8,9);/q;;+1/p-1/b20-14+;;. The zero-order valence-corrected chi connectivity index (χ0v) is 23.0. The molecular formula is C27H21ClNaO6P. The summed E-state index contributed by atoms with van der Waals surface area (Å²) in [5, 5.41) is 10.0. The number of hydrogen-bond donors (Lipinski definition) is 2. The van der Waals surface area contributed by atoms with Crippen LogP contribution >= 0.6 is 19.4 Å². The summed E-state index contributed by atoms with van der Waals surface area (Å²) in [7, 11) is -4.64. The van der Waals surface area contributed by atoms with Crippen LogP contribution in [0.15, 0.2) is 109 Å². The molecule has 0 bridgehead atoms. The molecule has 4 aromatic carbocycles. The van der Waals surface area contributed by atoms with E-state index >= 15 is 0 Å². The molecule has 0 saturated carbocycles. The summed E-state index contributed by atoms with van der Waals surface area (Å²) >= 11 is 5.96. The molecule has 0 aliphatic heterocycles. The number of carbonyl (C=O) groups is 1. The van der Waals surface area contributed by atoms with E-state index in [9.17, 15) is 19.4 Å². The van der Waals surface area contributed by atoms with Gasteiger partial charge in [0.2, 0.25) is 0 Å². The Bertz CT molecular complexity index is 1320. The third-order valence-corrected chi connectivity index (χ3v) is 5.30. The van der Waals surface area contributed by atoms with Gasteiger partial charge in [0.25, 0.3) is 0 Å². The number of para-hydroxylation sites is 1. The molecule has 0 amide bonds. The molecule has 0 aromatic heterocycles. The summed E-state index contributed by atoms with van der Waals surface area (Å²) in [5.74, 6) is 0.126. The molecule has 36 heavy (non-hydrogen) atoms. The second kappa shape index (κ2) is 14.2. The Hall–Kier alpha value is -2.67. The SMILES string of the molecule is O=C(/C(=C/c1ccccc1)c1ccc(Cl)cc1)c1ccc(O)cc1.O=P([O-])(O)Oc1ccccc1.[Na+]. The largest absolute Gasteiger partial charge is 1.00 e. The number of carbonyl (C=O) groups excluding carboxylic acids is 1. The molecule has 0 heterocycles. The van der Waals surface area contributed by atoms with Crippen LogP contribution in [0.3, 0.4) is 0 Å². The van der Waals surface area contributed by atoms with Crippen molar-refractivity contribution in [3.05, 3.63) is 131 Å². The summed E-state index contributed by atoms with van der Waals surface area (Å²) in [4.78, 5) is 31.4. The van der Waals surface area contributed by atoms with Crippen molar-refractivity contribution >= 4 is 36.9 Å². The number of halogens is 1. The third kappa shape index (κ3) is 9.76. The van der Waals surface area contributed by atoms with E-state index in [2.05, 4.69) is 4.52 Å². The van der Waals surface area contributed by atoms with Gasteiger partial charge in [-0.3, -0.25) is 9.36 Å². The molecular weight excluding hydrogens is 510 g/mol. The first-order chi connectivity index (χ1) is 16.7. The van der Waals surface area contributed by atoms with E-state index in [0.717, 1.165) is 11.1 Å². The molecule has 0 saturated heterocycles. The van der Waals surface area contributed by atoms with Crippen LogP contribution < -0.4 is 39.0 Å². The van der Waals surface area contributed by atoms with Crippen molar-refractivity contribution in [3.8, 4) is 11.5 Å². The first kappa shape index (κ1) is 29.6. The predicted molar refractivity (Wildman–Crippen MR) is 135 cm³/mol. The van der Waals surface area contributed by atoms with Gasteiger partial charge in [-0.15, -0.1) is 0 Å². The van der Waals surface area contributed by atoms with Crippen LogP contribution in [0.2, 0.25) is 5.02 Å². The van der Waals surface area contributed by atoms with E-state index in [1.54, 1.807) is 42.5 Å². The summed E-state index contributed by atoms with van der Waals surface area (Å²) in [5.41, 5.74) is 2.82. The molecule has 178 valence electrons. The number of phosphoric acid groups is 1. The van der Waals surface area contributed by atoms with E-state index in [4.69, 9.17) is 16.5 Å². The molecule has 1 unspecified atom stereocenters. The Morgan fingerprint density at radius 2 is 1.31 bits per heavy atom. The Morgan fingerprint density at radius 3 is 1.83 bits per heavy atom. The topological polar surface area (TPSA) is 107 Å². The summed E-state index contributed by atoms with van der Waals surface area (Å²) in [6.45, 7) is 0. The minimum atomic E-state index is -4.64. The van der Waals surface area contributed by atoms with Crippen molar-refractivity contribution in [2.75, 3.05) is 0 Å². The zero-order chi connectivity index (χ0) is 25.3. The molecule has 0 spiro atoms. The van der Waals surface area contributed by atoms with Gasteiger partial charge in [0.05, 0.1) is 0 Å². The molecule has 0 aliphatic carbocycles. The van der Waals surface area contributed by atoms with E-state index < -0.39 is 7.82 Å². The molecule has 4 aromatic rings. The Labute approximate surface area is 236 Å². The Balaban J connectivity index is 0.000000321. The summed E-state index contributed by atoms with van der Waals surface area (Å²) in [6.07, 6.45) is 1.86. The molecule has 0 fully saturated rings. The van der Waals surface area contributed by atoms with Crippen LogP contribution in [0.5, 0.6) is 11.5 Å². The number of phenolic OH excluding ortho intramolecular Hbond substituents is 1. The van der Waals surface area contributed by atoms with Crippen molar-refractivity contribution in [3.63, 3.8) is 0 Å². The molecule has 2 N–H and O–H groups in total. The third-order valence-electron chi connectivity index (χ3n) is 4.60. The molecule has 6 nitrogen and oxygen atoms in total. The van der Waals surface area contributed by atoms with Gasteiger partial charge < -0.3 is 19.4 Å². The first-order valence-corrected chi connectivity index (χ1v) is 12.2. The van der Waals surface area contributed by atoms with Gasteiger partial charge in [0, 0.05) is 16.2 Å². The van der Waals surface area contributed by atoms with Gasteiger partial charge in [-0.05, 0) is 65.7 Å². The van der Waals surface area contributed by atoms with E-state index in [1.165, 1.54) is 24.3 Å². The number of allylic oxidation sites excluding steroid dienone is 1. The maximum atomic E-state index is 13.0. The van der Waals surface area contributed by atoms with Gasteiger partial charge in [-0.1, -0.05) is 72.3 Å². The number of hydrogen-bond acceptors (Lipinski definition) is 5. The average molecular weight is 531 g/mol. The van der Waals surface area contributed by atoms with Crippen LogP contribution in [-0.2, 0) is 4.57 Å².